The SMILES string of the molecule is C=CC.CC1CCCc2ccccc21.CCCCCC. The highest BCUT2D eigenvalue weighted by Gasteiger charge is 2.14. The summed E-state index contributed by atoms with van der Waals surface area (Å²) < 4.78 is 0. The normalized spacial score (nSPS) is 15.9. The summed E-state index contributed by atoms with van der Waals surface area (Å²) in [6, 6.07) is 8.85. The molecule has 0 heterocycles. The highest BCUT2D eigenvalue weighted by Crippen LogP contribution is 2.30. The fourth-order valence-corrected chi connectivity index (χ4v) is 2.50. The second-order valence-electron chi connectivity index (χ2n) is 5.61. The first-order valence-corrected chi connectivity index (χ1v) is 8.35. The van der Waals surface area contributed by atoms with Crippen molar-refractivity contribution in [3.8, 4) is 0 Å². The number of aryl methyl sites for hydroxylation is 1. The molecule has 0 aliphatic heterocycles. The molecule has 1 atom stereocenters. The third-order valence-electron chi connectivity index (χ3n) is 3.63. The van der Waals surface area contributed by atoms with Gasteiger partial charge in [0.2, 0.25) is 0 Å². The lowest BCUT2D eigenvalue weighted by Crippen LogP contribution is -2.05. The predicted molar refractivity (Wildman–Crippen MR) is 93.5 cm³/mol. The van der Waals surface area contributed by atoms with Crippen LogP contribution >= 0.6 is 0 Å². The molecule has 1 aromatic rings. The quantitative estimate of drug-likeness (QED) is 0.415. The molecule has 0 heteroatoms. The fourth-order valence-electron chi connectivity index (χ4n) is 2.50. The molecule has 0 nitrogen and oxygen atoms in total. The zero-order valence-electron chi connectivity index (χ0n) is 14.1. The minimum Gasteiger partial charge on any atom is -0.103 e. The van der Waals surface area contributed by atoms with E-state index in [2.05, 4.69) is 51.6 Å². The Hall–Kier alpha value is -1.04. The Morgan fingerprint density at radius 2 is 1.70 bits per heavy atom. The second kappa shape index (κ2) is 13.0. The van der Waals surface area contributed by atoms with Gasteiger partial charge in [0.15, 0.2) is 0 Å². The molecule has 0 radical (unpaired) electrons. The smallest absolute Gasteiger partial charge is 0.0188 e. The van der Waals surface area contributed by atoms with Gasteiger partial charge in [-0.15, -0.1) is 6.58 Å². The van der Waals surface area contributed by atoms with Gasteiger partial charge in [-0.05, 0) is 43.2 Å². The second-order valence-corrected chi connectivity index (χ2v) is 5.61. The van der Waals surface area contributed by atoms with E-state index in [0.717, 1.165) is 5.92 Å². The van der Waals surface area contributed by atoms with Gasteiger partial charge in [-0.3, -0.25) is 0 Å². The van der Waals surface area contributed by atoms with Gasteiger partial charge in [0.05, 0.1) is 0 Å². The fraction of sp³-hybridized carbons (Fsp3) is 0.600. The van der Waals surface area contributed by atoms with Gasteiger partial charge in [-0.25, -0.2) is 0 Å². The Morgan fingerprint density at radius 1 is 1.15 bits per heavy atom. The molecule has 20 heavy (non-hydrogen) atoms. The van der Waals surface area contributed by atoms with Gasteiger partial charge >= 0.3 is 0 Å². The highest BCUT2D eigenvalue weighted by atomic mass is 14.2. The molecule has 0 fully saturated rings. The largest absolute Gasteiger partial charge is 0.103 e. The Morgan fingerprint density at radius 3 is 2.20 bits per heavy atom. The van der Waals surface area contributed by atoms with E-state index in [9.17, 15) is 0 Å². The summed E-state index contributed by atoms with van der Waals surface area (Å²) in [5.41, 5.74) is 3.16. The molecule has 1 aliphatic carbocycles. The first-order valence-electron chi connectivity index (χ1n) is 8.35. The van der Waals surface area contributed by atoms with E-state index >= 15 is 0 Å². The topological polar surface area (TPSA) is 0 Å². The minimum atomic E-state index is 0.792. The average Bonchev–Trinajstić information content (AvgIpc) is 2.47. The van der Waals surface area contributed by atoms with Crippen LogP contribution in [-0.4, -0.2) is 0 Å². The maximum atomic E-state index is 3.36. The predicted octanol–water partition coefficient (Wildman–Crippen LogP) is 6.91. The monoisotopic (exact) mass is 274 g/mol. The Kier molecular flexibility index (Phi) is 12.3. The first-order chi connectivity index (χ1) is 9.71. The van der Waals surface area contributed by atoms with Gasteiger partial charge in [-0.2, -0.15) is 0 Å². The number of rotatable bonds is 3. The zero-order valence-corrected chi connectivity index (χ0v) is 14.1. The molecule has 0 aromatic heterocycles. The van der Waals surface area contributed by atoms with Crippen LogP contribution in [0.5, 0.6) is 0 Å². The molecule has 1 aromatic carbocycles. The maximum Gasteiger partial charge on any atom is -0.0188 e. The number of unbranched alkanes of at least 4 members (excludes halogenated alkanes) is 3. The van der Waals surface area contributed by atoms with Crippen molar-refractivity contribution in [2.24, 2.45) is 0 Å². The third-order valence-corrected chi connectivity index (χ3v) is 3.63. The van der Waals surface area contributed by atoms with Gasteiger partial charge in [-0.1, -0.05) is 76.8 Å². The lowest BCUT2D eigenvalue weighted by molar-refractivity contribution is 0.590. The molecular formula is C20H34. The van der Waals surface area contributed by atoms with Crippen molar-refractivity contribution in [1.82, 2.24) is 0 Å². The van der Waals surface area contributed by atoms with Crippen molar-refractivity contribution >= 4 is 0 Å². The Balaban J connectivity index is 0.000000344. The summed E-state index contributed by atoms with van der Waals surface area (Å²) in [4.78, 5) is 0. The summed E-state index contributed by atoms with van der Waals surface area (Å²) in [7, 11) is 0. The summed E-state index contributed by atoms with van der Waals surface area (Å²) in [6.07, 6.45) is 11.3. The summed E-state index contributed by atoms with van der Waals surface area (Å²) in [5, 5.41) is 0. The molecular weight excluding hydrogens is 240 g/mol. The number of fused-ring (bicyclic) bond motifs is 1. The van der Waals surface area contributed by atoms with Crippen molar-refractivity contribution in [2.45, 2.75) is 78.6 Å². The van der Waals surface area contributed by atoms with Crippen molar-refractivity contribution in [3.63, 3.8) is 0 Å². The molecule has 0 bridgehead atoms. The Labute approximate surface area is 127 Å². The van der Waals surface area contributed by atoms with Crippen molar-refractivity contribution in [2.75, 3.05) is 0 Å². The number of allylic oxidation sites excluding steroid dienone is 1. The van der Waals surface area contributed by atoms with Crippen molar-refractivity contribution in [3.05, 3.63) is 48.0 Å². The van der Waals surface area contributed by atoms with Crippen LogP contribution in [0.1, 0.15) is 83.3 Å². The van der Waals surface area contributed by atoms with Gasteiger partial charge in [0, 0.05) is 0 Å². The molecule has 2 rings (SSSR count). The van der Waals surface area contributed by atoms with E-state index in [4.69, 9.17) is 0 Å². The van der Waals surface area contributed by atoms with E-state index in [1.54, 1.807) is 17.2 Å². The standard InChI is InChI=1S/C11H14.C6H14.C3H6/c1-9-5-4-7-10-6-2-3-8-11(9)10;1-3-5-6-4-2;1-3-2/h2-3,6,8-9H,4-5,7H2,1H3;3-6H2,1-2H3;3H,1H2,2H3. The molecule has 0 N–H and O–H groups in total. The van der Waals surface area contributed by atoms with Crippen LogP contribution in [0.25, 0.3) is 0 Å². The van der Waals surface area contributed by atoms with Crippen LogP contribution in [0.3, 0.4) is 0 Å². The van der Waals surface area contributed by atoms with E-state index in [-0.39, 0.29) is 0 Å². The Bertz CT molecular complexity index is 334. The first kappa shape index (κ1) is 19.0. The van der Waals surface area contributed by atoms with E-state index in [0.29, 0.717) is 0 Å². The van der Waals surface area contributed by atoms with Crippen LogP contribution in [0, 0.1) is 0 Å². The molecule has 0 spiro atoms. The summed E-state index contributed by atoms with van der Waals surface area (Å²) >= 11 is 0. The molecule has 1 aliphatic rings. The van der Waals surface area contributed by atoms with Crippen LogP contribution in [0.15, 0.2) is 36.9 Å². The van der Waals surface area contributed by atoms with Gasteiger partial charge < -0.3 is 0 Å². The molecule has 0 saturated heterocycles. The minimum absolute atomic E-state index is 0.792. The molecule has 0 saturated carbocycles. The molecule has 0 amide bonds. The van der Waals surface area contributed by atoms with E-state index < -0.39 is 0 Å². The van der Waals surface area contributed by atoms with Crippen LogP contribution < -0.4 is 0 Å². The third kappa shape index (κ3) is 8.19. The lowest BCUT2D eigenvalue weighted by atomic mass is 9.84. The lowest BCUT2D eigenvalue weighted by Gasteiger charge is -2.21. The number of hydrogen-bond acceptors (Lipinski definition) is 0. The molecule has 114 valence electrons. The number of benzene rings is 1. The highest BCUT2D eigenvalue weighted by molar-refractivity contribution is 5.31. The maximum absolute atomic E-state index is 3.36. The van der Waals surface area contributed by atoms with Crippen molar-refractivity contribution < 1.29 is 0 Å². The summed E-state index contributed by atoms with van der Waals surface area (Å²) in [6.45, 7) is 12.0. The summed E-state index contributed by atoms with van der Waals surface area (Å²) in [5.74, 6) is 0.792. The van der Waals surface area contributed by atoms with Gasteiger partial charge in [0.25, 0.3) is 0 Å². The van der Waals surface area contributed by atoms with Crippen LogP contribution in [-0.2, 0) is 6.42 Å². The van der Waals surface area contributed by atoms with E-state index in [1.165, 1.54) is 44.9 Å². The molecule has 1 unspecified atom stereocenters. The van der Waals surface area contributed by atoms with Crippen LogP contribution in [0.2, 0.25) is 0 Å². The zero-order chi connectivity index (χ0) is 15.2. The number of hydrogen-bond donors (Lipinski definition) is 0. The van der Waals surface area contributed by atoms with Gasteiger partial charge in [0.1, 0.15) is 0 Å². The average molecular weight is 274 g/mol. The van der Waals surface area contributed by atoms with Crippen molar-refractivity contribution in [1.29, 1.82) is 0 Å². The van der Waals surface area contributed by atoms with E-state index in [1.807, 2.05) is 6.92 Å². The van der Waals surface area contributed by atoms with Crippen LogP contribution in [0.4, 0.5) is 0 Å².